The molecule has 0 unspecified atom stereocenters. The van der Waals surface area contributed by atoms with Gasteiger partial charge in [0.2, 0.25) is 0 Å². The van der Waals surface area contributed by atoms with E-state index in [1.807, 2.05) is 17.4 Å². The standard InChI is InChI=1S/C18H20N4OS/c1-2-10-7-12-14(8-19-17(12)23)20-16(10)22-6-5-13-15(9-22)24-18(21-13)11-3-4-11/h7,11H,2-6,8-9H2,1H3,(H,19,23). The molecular formula is C18H20N4OS. The van der Waals surface area contributed by atoms with Crippen LogP contribution in [0.4, 0.5) is 5.82 Å². The predicted molar refractivity (Wildman–Crippen MR) is 93.6 cm³/mol. The number of nitrogens with one attached hydrogen (secondary N) is 1. The molecule has 4 heterocycles. The Morgan fingerprint density at radius 3 is 3.00 bits per heavy atom. The average Bonchev–Trinajstić information content (AvgIpc) is 3.28. The van der Waals surface area contributed by atoms with Crippen molar-refractivity contribution in [1.29, 1.82) is 0 Å². The molecule has 0 radical (unpaired) electrons. The molecule has 0 aromatic carbocycles. The van der Waals surface area contributed by atoms with E-state index in [1.54, 1.807) is 0 Å². The summed E-state index contributed by atoms with van der Waals surface area (Å²) in [6.45, 7) is 4.55. The van der Waals surface area contributed by atoms with E-state index >= 15 is 0 Å². The van der Waals surface area contributed by atoms with Crippen molar-refractivity contribution in [3.05, 3.63) is 38.5 Å². The van der Waals surface area contributed by atoms with Crippen LogP contribution in [0.2, 0.25) is 0 Å². The molecule has 5 nitrogen and oxygen atoms in total. The van der Waals surface area contributed by atoms with Crippen molar-refractivity contribution in [2.24, 2.45) is 0 Å². The van der Waals surface area contributed by atoms with Crippen LogP contribution in [0.5, 0.6) is 0 Å². The molecule has 124 valence electrons. The minimum absolute atomic E-state index is 0.0104. The molecule has 0 spiro atoms. The van der Waals surface area contributed by atoms with Gasteiger partial charge in [-0.15, -0.1) is 11.3 Å². The highest BCUT2D eigenvalue weighted by Crippen LogP contribution is 2.43. The Labute approximate surface area is 145 Å². The Bertz CT molecular complexity index is 840. The van der Waals surface area contributed by atoms with Gasteiger partial charge in [0, 0.05) is 23.8 Å². The van der Waals surface area contributed by atoms with Crippen LogP contribution in [0.1, 0.15) is 62.9 Å². The van der Waals surface area contributed by atoms with Gasteiger partial charge in [-0.05, 0) is 30.9 Å². The van der Waals surface area contributed by atoms with Gasteiger partial charge in [0.1, 0.15) is 5.82 Å². The summed E-state index contributed by atoms with van der Waals surface area (Å²) in [7, 11) is 0. The Morgan fingerprint density at radius 1 is 1.33 bits per heavy atom. The summed E-state index contributed by atoms with van der Waals surface area (Å²) in [6, 6.07) is 2.04. The van der Waals surface area contributed by atoms with Crippen LogP contribution in [0.3, 0.4) is 0 Å². The smallest absolute Gasteiger partial charge is 0.253 e. The number of amides is 1. The minimum Gasteiger partial charge on any atom is -0.351 e. The summed E-state index contributed by atoms with van der Waals surface area (Å²) in [5.41, 5.74) is 4.11. The van der Waals surface area contributed by atoms with Gasteiger partial charge in [-0.2, -0.15) is 0 Å². The van der Waals surface area contributed by atoms with E-state index < -0.39 is 0 Å². The summed E-state index contributed by atoms with van der Waals surface area (Å²) < 4.78 is 0. The molecular weight excluding hydrogens is 320 g/mol. The van der Waals surface area contributed by atoms with Crippen molar-refractivity contribution in [3.8, 4) is 0 Å². The monoisotopic (exact) mass is 340 g/mol. The molecule has 0 bridgehead atoms. The average molecular weight is 340 g/mol. The normalized spacial score (nSPS) is 19.2. The summed E-state index contributed by atoms with van der Waals surface area (Å²) in [4.78, 5) is 25.4. The second kappa shape index (κ2) is 5.28. The maximum atomic E-state index is 11.9. The summed E-state index contributed by atoms with van der Waals surface area (Å²) in [6.07, 6.45) is 4.51. The second-order valence-electron chi connectivity index (χ2n) is 6.87. The molecule has 2 aromatic heterocycles. The number of hydrogen-bond acceptors (Lipinski definition) is 5. The lowest BCUT2D eigenvalue weighted by molar-refractivity contribution is 0.0965. The lowest BCUT2D eigenvalue weighted by Gasteiger charge is -2.29. The molecule has 24 heavy (non-hydrogen) atoms. The quantitative estimate of drug-likeness (QED) is 0.933. The van der Waals surface area contributed by atoms with Crippen LogP contribution in [0.25, 0.3) is 0 Å². The fraction of sp³-hybridized carbons (Fsp3) is 0.500. The highest BCUT2D eigenvalue weighted by atomic mass is 32.1. The van der Waals surface area contributed by atoms with Crippen LogP contribution in [0, 0.1) is 0 Å². The van der Waals surface area contributed by atoms with Gasteiger partial charge in [0.15, 0.2) is 0 Å². The van der Waals surface area contributed by atoms with Crippen molar-refractivity contribution in [2.75, 3.05) is 11.4 Å². The lowest BCUT2D eigenvalue weighted by Crippen LogP contribution is -2.31. The number of thiazole rings is 1. The molecule has 0 atom stereocenters. The number of hydrogen-bond donors (Lipinski definition) is 1. The molecule has 2 aromatic rings. The Morgan fingerprint density at radius 2 is 2.21 bits per heavy atom. The number of fused-ring (bicyclic) bond motifs is 2. The highest BCUT2D eigenvalue weighted by molar-refractivity contribution is 7.11. The largest absolute Gasteiger partial charge is 0.351 e. The number of pyridine rings is 1. The van der Waals surface area contributed by atoms with Crippen molar-refractivity contribution < 1.29 is 4.79 Å². The van der Waals surface area contributed by atoms with Crippen LogP contribution in [-0.2, 0) is 25.9 Å². The number of aromatic nitrogens is 2. The van der Waals surface area contributed by atoms with E-state index in [4.69, 9.17) is 9.97 Å². The Hall–Kier alpha value is -1.95. The topological polar surface area (TPSA) is 58.1 Å². The van der Waals surface area contributed by atoms with E-state index in [0.29, 0.717) is 6.54 Å². The number of rotatable bonds is 3. The summed E-state index contributed by atoms with van der Waals surface area (Å²) in [5.74, 6) is 1.80. The molecule has 0 saturated heterocycles. The van der Waals surface area contributed by atoms with Crippen LogP contribution < -0.4 is 10.2 Å². The van der Waals surface area contributed by atoms with Crippen LogP contribution in [-0.4, -0.2) is 22.4 Å². The van der Waals surface area contributed by atoms with E-state index in [-0.39, 0.29) is 5.91 Å². The number of aryl methyl sites for hydroxylation is 1. The van der Waals surface area contributed by atoms with E-state index in [0.717, 1.165) is 48.9 Å². The maximum Gasteiger partial charge on any atom is 0.253 e. The maximum absolute atomic E-state index is 11.9. The van der Waals surface area contributed by atoms with Gasteiger partial charge in [-0.25, -0.2) is 9.97 Å². The van der Waals surface area contributed by atoms with E-state index in [9.17, 15) is 4.79 Å². The Kier molecular flexibility index (Phi) is 3.16. The van der Waals surface area contributed by atoms with E-state index in [2.05, 4.69) is 17.1 Å². The van der Waals surface area contributed by atoms with Crippen molar-refractivity contribution in [2.45, 2.75) is 51.6 Å². The Balaban J connectivity index is 1.49. The third-order valence-corrected chi connectivity index (χ3v) is 6.42. The fourth-order valence-corrected chi connectivity index (χ4v) is 4.90. The van der Waals surface area contributed by atoms with E-state index in [1.165, 1.54) is 34.0 Å². The number of nitrogens with zero attached hydrogens (tertiary/aromatic N) is 3. The first kappa shape index (κ1) is 14.4. The van der Waals surface area contributed by atoms with Gasteiger partial charge in [0.05, 0.1) is 35.0 Å². The van der Waals surface area contributed by atoms with Gasteiger partial charge in [-0.3, -0.25) is 4.79 Å². The lowest BCUT2D eigenvalue weighted by atomic mass is 10.1. The third-order valence-electron chi connectivity index (χ3n) is 5.17. The zero-order chi connectivity index (χ0) is 16.3. The third kappa shape index (κ3) is 2.24. The fourth-order valence-electron chi connectivity index (χ4n) is 3.61. The first-order valence-corrected chi connectivity index (χ1v) is 9.59. The predicted octanol–water partition coefficient (Wildman–Crippen LogP) is 2.78. The molecule has 2 aliphatic heterocycles. The zero-order valence-corrected chi connectivity index (χ0v) is 14.6. The zero-order valence-electron chi connectivity index (χ0n) is 13.8. The first-order chi connectivity index (χ1) is 11.7. The van der Waals surface area contributed by atoms with Crippen LogP contribution in [0.15, 0.2) is 6.07 Å². The second-order valence-corrected chi connectivity index (χ2v) is 7.98. The number of carbonyl (C=O) groups is 1. The molecule has 1 amide bonds. The molecule has 1 N–H and O–H groups in total. The van der Waals surface area contributed by atoms with Gasteiger partial charge >= 0.3 is 0 Å². The SMILES string of the molecule is CCc1cc2c(nc1N1CCc3nc(C4CC4)sc3C1)CNC2=O. The van der Waals surface area contributed by atoms with Crippen molar-refractivity contribution >= 4 is 23.1 Å². The minimum atomic E-state index is 0.0104. The van der Waals surface area contributed by atoms with Crippen molar-refractivity contribution in [1.82, 2.24) is 15.3 Å². The summed E-state index contributed by atoms with van der Waals surface area (Å²) >= 11 is 1.90. The number of carbonyl (C=O) groups excluding carboxylic acids is 1. The highest BCUT2D eigenvalue weighted by Gasteiger charge is 2.31. The molecule has 1 aliphatic carbocycles. The number of anilines is 1. The first-order valence-electron chi connectivity index (χ1n) is 8.77. The molecule has 1 saturated carbocycles. The van der Waals surface area contributed by atoms with Gasteiger partial charge in [-0.1, -0.05) is 6.92 Å². The van der Waals surface area contributed by atoms with Gasteiger partial charge in [0.25, 0.3) is 5.91 Å². The molecule has 3 aliphatic rings. The molecule has 1 fully saturated rings. The van der Waals surface area contributed by atoms with Crippen LogP contribution >= 0.6 is 11.3 Å². The van der Waals surface area contributed by atoms with Gasteiger partial charge < -0.3 is 10.2 Å². The molecule has 5 rings (SSSR count). The summed E-state index contributed by atoms with van der Waals surface area (Å²) in [5, 5.41) is 4.22. The molecule has 6 heteroatoms. The van der Waals surface area contributed by atoms with Crippen molar-refractivity contribution in [3.63, 3.8) is 0 Å².